The first-order valence-electron chi connectivity index (χ1n) is 10.9. The highest BCUT2D eigenvalue weighted by Crippen LogP contribution is 2.29. The van der Waals surface area contributed by atoms with Gasteiger partial charge in [0.15, 0.2) is 15.5 Å². The van der Waals surface area contributed by atoms with Gasteiger partial charge >= 0.3 is 5.69 Å². The fourth-order valence-corrected chi connectivity index (χ4v) is 5.36. The summed E-state index contributed by atoms with van der Waals surface area (Å²) < 4.78 is 28.2. The van der Waals surface area contributed by atoms with Crippen LogP contribution in [0.15, 0.2) is 35.1 Å². The van der Waals surface area contributed by atoms with Gasteiger partial charge in [-0.2, -0.15) is 0 Å². The molecule has 0 saturated carbocycles. The number of nitrogens with zero attached hydrogens (tertiary/aromatic N) is 2. The third-order valence-electron chi connectivity index (χ3n) is 5.78. The molecular weight excluding hydrogens is 468 g/mol. The van der Waals surface area contributed by atoms with E-state index in [2.05, 4.69) is 15.0 Å². The summed E-state index contributed by atoms with van der Waals surface area (Å²) in [7, 11) is -2.90. The van der Waals surface area contributed by atoms with E-state index in [0.717, 1.165) is 30.7 Å². The maximum Gasteiger partial charge on any atom is 0.325 e. The van der Waals surface area contributed by atoms with Crippen LogP contribution in [0.25, 0.3) is 22.4 Å². The van der Waals surface area contributed by atoms with E-state index in [1.807, 2.05) is 29.2 Å². The monoisotopic (exact) mass is 494 g/mol. The molecule has 2 fully saturated rings. The van der Waals surface area contributed by atoms with Crippen LogP contribution < -0.4 is 10.6 Å². The molecule has 1 aromatic carbocycles. The zero-order valence-electron chi connectivity index (χ0n) is 18.1. The van der Waals surface area contributed by atoms with E-state index in [-0.39, 0.29) is 29.9 Å². The number of fused-ring (bicyclic) bond motifs is 1. The van der Waals surface area contributed by atoms with E-state index in [4.69, 9.17) is 21.4 Å². The average molecular weight is 495 g/mol. The highest BCUT2D eigenvalue weighted by molar-refractivity contribution is 7.91. The molecule has 11 heteroatoms. The Balaban J connectivity index is 0.000000275. The molecule has 0 bridgehead atoms. The van der Waals surface area contributed by atoms with Crippen molar-refractivity contribution in [1.29, 1.82) is 0 Å². The third kappa shape index (κ3) is 5.94. The van der Waals surface area contributed by atoms with Gasteiger partial charge in [-0.1, -0.05) is 23.7 Å². The first-order valence-corrected chi connectivity index (χ1v) is 13.1. The Labute approximate surface area is 196 Å². The van der Waals surface area contributed by atoms with Gasteiger partial charge in [-0.05, 0) is 37.5 Å². The molecule has 9 nitrogen and oxygen atoms in total. The van der Waals surface area contributed by atoms with Gasteiger partial charge in [-0.3, -0.25) is 4.98 Å². The van der Waals surface area contributed by atoms with Crippen molar-refractivity contribution in [1.82, 2.24) is 15.0 Å². The molecule has 0 radical (unpaired) electrons. The largest absolute Gasteiger partial charge is 0.394 e. The number of aromatic nitrogens is 3. The number of H-pyrrole nitrogens is 2. The van der Waals surface area contributed by atoms with Crippen molar-refractivity contribution in [2.45, 2.75) is 25.4 Å². The summed E-state index contributed by atoms with van der Waals surface area (Å²) in [5, 5.41) is 9.01. The van der Waals surface area contributed by atoms with Gasteiger partial charge in [0.05, 0.1) is 40.4 Å². The number of imidazole rings is 1. The van der Waals surface area contributed by atoms with Crippen LogP contribution >= 0.6 is 11.6 Å². The van der Waals surface area contributed by atoms with Crippen LogP contribution in [0.4, 0.5) is 5.69 Å². The molecule has 2 aliphatic rings. The first-order chi connectivity index (χ1) is 15.8. The zero-order valence-corrected chi connectivity index (χ0v) is 19.7. The predicted molar refractivity (Wildman–Crippen MR) is 129 cm³/mol. The van der Waals surface area contributed by atoms with Gasteiger partial charge in [0, 0.05) is 30.9 Å². The number of aliphatic hydroxyl groups is 1. The predicted octanol–water partition coefficient (Wildman–Crippen LogP) is 2.35. The summed E-state index contributed by atoms with van der Waals surface area (Å²) in [4.78, 5) is 23.1. The van der Waals surface area contributed by atoms with Gasteiger partial charge in [-0.25, -0.2) is 18.2 Å². The minimum absolute atomic E-state index is 0.142. The van der Waals surface area contributed by atoms with Gasteiger partial charge in [0.25, 0.3) is 0 Å². The fourth-order valence-electron chi connectivity index (χ4n) is 3.90. The van der Waals surface area contributed by atoms with E-state index in [0.29, 0.717) is 35.0 Å². The van der Waals surface area contributed by atoms with Crippen LogP contribution in [0.3, 0.4) is 0 Å². The molecule has 1 atom stereocenters. The van der Waals surface area contributed by atoms with Gasteiger partial charge in [-0.15, -0.1) is 0 Å². The molecule has 0 spiro atoms. The number of ether oxygens (including phenoxy) is 1. The maximum absolute atomic E-state index is 11.5. The number of rotatable bonds is 3. The van der Waals surface area contributed by atoms with Crippen molar-refractivity contribution < 1.29 is 18.3 Å². The quantitative estimate of drug-likeness (QED) is 0.509. The average Bonchev–Trinajstić information content (AvgIpc) is 3.18. The summed E-state index contributed by atoms with van der Waals surface area (Å²) in [6.07, 6.45) is 3.56. The summed E-state index contributed by atoms with van der Waals surface area (Å²) in [6, 6.07) is 9.30. The SMILES string of the molecule is O=c1[nH]c2cc(Cl)c(-c3ccc(N4CCS(=O)(=O)CC4)cc3)nc2[nH]1.OC[C@@H]1CCCCO1. The van der Waals surface area contributed by atoms with E-state index < -0.39 is 9.84 Å². The normalized spacial score (nSPS) is 20.3. The Morgan fingerprint density at radius 3 is 2.48 bits per heavy atom. The molecule has 4 heterocycles. The Hall–Kier alpha value is -2.40. The van der Waals surface area contributed by atoms with Crippen molar-refractivity contribution in [3.05, 3.63) is 45.8 Å². The molecular formula is C22H27ClN4O5S. The number of benzene rings is 1. The highest BCUT2D eigenvalue weighted by atomic mass is 35.5. The molecule has 178 valence electrons. The van der Waals surface area contributed by atoms with Crippen molar-refractivity contribution in [2.75, 3.05) is 42.7 Å². The van der Waals surface area contributed by atoms with Crippen molar-refractivity contribution >= 4 is 38.3 Å². The number of pyridine rings is 1. The van der Waals surface area contributed by atoms with E-state index in [1.54, 1.807) is 6.07 Å². The lowest BCUT2D eigenvalue weighted by atomic mass is 10.1. The molecule has 2 saturated heterocycles. The van der Waals surface area contributed by atoms with Gasteiger partial charge in [0.2, 0.25) is 0 Å². The number of halogens is 1. The van der Waals surface area contributed by atoms with Crippen LogP contribution in [-0.2, 0) is 14.6 Å². The minimum atomic E-state index is -2.90. The molecule has 3 N–H and O–H groups in total. The maximum atomic E-state index is 11.5. The zero-order chi connectivity index (χ0) is 23.4. The van der Waals surface area contributed by atoms with Crippen LogP contribution in [-0.4, -0.2) is 72.4 Å². The Morgan fingerprint density at radius 1 is 1.15 bits per heavy atom. The van der Waals surface area contributed by atoms with E-state index in [9.17, 15) is 13.2 Å². The molecule has 2 aliphatic heterocycles. The lowest BCUT2D eigenvalue weighted by Crippen LogP contribution is -2.40. The smallest absolute Gasteiger partial charge is 0.325 e. The minimum Gasteiger partial charge on any atom is -0.394 e. The molecule has 33 heavy (non-hydrogen) atoms. The third-order valence-corrected chi connectivity index (χ3v) is 7.68. The van der Waals surface area contributed by atoms with Crippen LogP contribution in [0.2, 0.25) is 5.02 Å². The lowest BCUT2D eigenvalue weighted by Gasteiger charge is -2.28. The summed E-state index contributed by atoms with van der Waals surface area (Å²) >= 11 is 6.29. The highest BCUT2D eigenvalue weighted by Gasteiger charge is 2.21. The number of hydrogen-bond acceptors (Lipinski definition) is 7. The molecule has 0 amide bonds. The summed E-state index contributed by atoms with van der Waals surface area (Å²) in [6.45, 7) is 2.03. The van der Waals surface area contributed by atoms with E-state index >= 15 is 0 Å². The number of aromatic amines is 2. The second-order valence-corrected chi connectivity index (χ2v) is 10.9. The number of sulfone groups is 1. The lowest BCUT2D eigenvalue weighted by molar-refractivity contribution is -0.0172. The first kappa shape index (κ1) is 23.7. The number of nitrogens with one attached hydrogen (secondary N) is 2. The molecule has 0 unspecified atom stereocenters. The van der Waals surface area contributed by atoms with Crippen molar-refractivity contribution in [3.63, 3.8) is 0 Å². The van der Waals surface area contributed by atoms with Crippen LogP contribution in [0.5, 0.6) is 0 Å². The Morgan fingerprint density at radius 2 is 1.88 bits per heavy atom. The summed E-state index contributed by atoms with van der Waals surface area (Å²) in [5.74, 6) is 0.360. The van der Waals surface area contributed by atoms with Crippen LogP contribution in [0, 0.1) is 0 Å². The standard InChI is InChI=1S/C16H15ClN4O3S.C6H12O2/c17-12-9-13-15(20-16(22)18-13)19-14(12)10-1-3-11(4-2-10)21-5-7-25(23,24)8-6-21;7-5-6-3-1-2-4-8-6/h1-4,9H,5-8H2,(H2,18,19,20,22);6-7H,1-5H2/t;6-/m.0/s1. The van der Waals surface area contributed by atoms with Crippen LogP contribution in [0.1, 0.15) is 19.3 Å². The molecule has 2 aromatic heterocycles. The molecule has 5 rings (SSSR count). The van der Waals surface area contributed by atoms with Crippen molar-refractivity contribution in [3.8, 4) is 11.3 Å². The fraction of sp³-hybridized carbons (Fsp3) is 0.455. The second-order valence-electron chi connectivity index (χ2n) is 8.15. The number of aliphatic hydroxyl groups excluding tert-OH is 1. The summed E-state index contributed by atoms with van der Waals surface area (Å²) in [5.41, 5.74) is 3.05. The van der Waals surface area contributed by atoms with Crippen molar-refractivity contribution in [2.24, 2.45) is 0 Å². The second kappa shape index (κ2) is 10.3. The Kier molecular flexibility index (Phi) is 7.38. The van der Waals surface area contributed by atoms with Gasteiger partial charge < -0.3 is 19.7 Å². The van der Waals surface area contributed by atoms with Gasteiger partial charge in [0.1, 0.15) is 0 Å². The Bertz CT molecular complexity index is 1240. The van der Waals surface area contributed by atoms with E-state index in [1.165, 1.54) is 6.42 Å². The molecule has 3 aromatic rings. The number of anilines is 1. The topological polar surface area (TPSA) is 128 Å². The molecule has 0 aliphatic carbocycles. The number of hydrogen-bond donors (Lipinski definition) is 3.